The molecule has 0 spiro atoms. The number of rotatable bonds is 3. The first-order valence-electron chi connectivity index (χ1n) is 7.01. The summed E-state index contributed by atoms with van der Waals surface area (Å²) < 4.78 is 0. The minimum atomic E-state index is -0.208. The summed E-state index contributed by atoms with van der Waals surface area (Å²) in [6, 6.07) is 9.37. The van der Waals surface area contributed by atoms with Gasteiger partial charge in [0.1, 0.15) is 0 Å². The van der Waals surface area contributed by atoms with E-state index < -0.39 is 0 Å². The van der Waals surface area contributed by atoms with Crippen molar-refractivity contribution in [3.05, 3.63) is 35.9 Å². The second-order valence-corrected chi connectivity index (χ2v) is 5.07. The standard InChI is InChI=1S/C15H21N3O2/c1-12-7-9-18(10-8-16-12)14(19)11-17-15(20)13-5-3-2-4-6-13/h2-6,12,16H,7-11H2,1H3,(H,17,20). The third-order valence-corrected chi connectivity index (χ3v) is 3.50. The summed E-state index contributed by atoms with van der Waals surface area (Å²) in [5.74, 6) is -0.231. The van der Waals surface area contributed by atoms with Crippen LogP contribution in [0.15, 0.2) is 30.3 Å². The molecule has 1 heterocycles. The number of nitrogens with one attached hydrogen (secondary N) is 2. The van der Waals surface area contributed by atoms with E-state index in [1.54, 1.807) is 24.3 Å². The minimum absolute atomic E-state index is 0.0230. The lowest BCUT2D eigenvalue weighted by Crippen LogP contribution is -2.41. The number of hydrogen-bond donors (Lipinski definition) is 2. The molecule has 1 aromatic rings. The van der Waals surface area contributed by atoms with Gasteiger partial charge in [0.05, 0.1) is 6.54 Å². The lowest BCUT2D eigenvalue weighted by atomic mass is 10.2. The van der Waals surface area contributed by atoms with E-state index in [1.807, 2.05) is 11.0 Å². The van der Waals surface area contributed by atoms with Gasteiger partial charge in [0, 0.05) is 31.2 Å². The van der Waals surface area contributed by atoms with Crippen molar-refractivity contribution < 1.29 is 9.59 Å². The molecule has 1 saturated heterocycles. The third-order valence-electron chi connectivity index (χ3n) is 3.50. The first-order chi connectivity index (χ1) is 9.66. The quantitative estimate of drug-likeness (QED) is 0.850. The highest BCUT2D eigenvalue weighted by Gasteiger charge is 2.18. The maximum atomic E-state index is 12.1. The Labute approximate surface area is 119 Å². The molecule has 2 rings (SSSR count). The lowest BCUT2D eigenvalue weighted by molar-refractivity contribution is -0.129. The van der Waals surface area contributed by atoms with Gasteiger partial charge in [-0.15, -0.1) is 0 Å². The number of carbonyl (C=O) groups excluding carboxylic acids is 2. The van der Waals surface area contributed by atoms with Crippen molar-refractivity contribution >= 4 is 11.8 Å². The summed E-state index contributed by atoms with van der Waals surface area (Å²) in [5.41, 5.74) is 0.575. The van der Waals surface area contributed by atoms with Gasteiger partial charge in [0.2, 0.25) is 5.91 Å². The number of nitrogens with zero attached hydrogens (tertiary/aromatic N) is 1. The Morgan fingerprint density at radius 1 is 1.30 bits per heavy atom. The fraction of sp³-hybridized carbons (Fsp3) is 0.467. The van der Waals surface area contributed by atoms with Crippen LogP contribution in [-0.2, 0) is 4.79 Å². The Morgan fingerprint density at radius 2 is 2.05 bits per heavy atom. The average Bonchev–Trinajstić information content (AvgIpc) is 2.70. The molecule has 5 nitrogen and oxygen atoms in total. The number of carbonyl (C=O) groups is 2. The molecule has 0 aliphatic carbocycles. The van der Waals surface area contributed by atoms with Crippen molar-refractivity contribution in [2.75, 3.05) is 26.2 Å². The van der Waals surface area contributed by atoms with Gasteiger partial charge in [0.15, 0.2) is 0 Å². The lowest BCUT2D eigenvalue weighted by Gasteiger charge is -2.20. The molecule has 5 heteroatoms. The van der Waals surface area contributed by atoms with Crippen LogP contribution >= 0.6 is 0 Å². The molecular weight excluding hydrogens is 254 g/mol. The van der Waals surface area contributed by atoms with Gasteiger partial charge >= 0.3 is 0 Å². The topological polar surface area (TPSA) is 61.4 Å². The highest BCUT2D eigenvalue weighted by Crippen LogP contribution is 2.02. The van der Waals surface area contributed by atoms with E-state index in [0.29, 0.717) is 18.2 Å². The van der Waals surface area contributed by atoms with Crippen LogP contribution in [0.4, 0.5) is 0 Å². The van der Waals surface area contributed by atoms with Gasteiger partial charge in [-0.1, -0.05) is 18.2 Å². The molecule has 1 aliphatic heterocycles. The van der Waals surface area contributed by atoms with Gasteiger partial charge in [-0.25, -0.2) is 0 Å². The van der Waals surface area contributed by atoms with E-state index in [1.165, 1.54) is 0 Å². The number of benzene rings is 1. The average molecular weight is 275 g/mol. The molecule has 20 heavy (non-hydrogen) atoms. The van der Waals surface area contributed by atoms with Crippen LogP contribution in [0.1, 0.15) is 23.7 Å². The zero-order valence-electron chi connectivity index (χ0n) is 11.8. The molecule has 1 fully saturated rings. The Hall–Kier alpha value is -1.88. The molecule has 2 N–H and O–H groups in total. The van der Waals surface area contributed by atoms with Gasteiger partial charge in [-0.2, -0.15) is 0 Å². The van der Waals surface area contributed by atoms with Crippen molar-refractivity contribution in [2.45, 2.75) is 19.4 Å². The van der Waals surface area contributed by atoms with Crippen molar-refractivity contribution in [1.82, 2.24) is 15.5 Å². The molecule has 0 bridgehead atoms. The third kappa shape index (κ3) is 4.06. The van der Waals surface area contributed by atoms with E-state index >= 15 is 0 Å². The smallest absolute Gasteiger partial charge is 0.251 e. The van der Waals surface area contributed by atoms with E-state index in [4.69, 9.17) is 0 Å². The summed E-state index contributed by atoms with van der Waals surface area (Å²) in [6.07, 6.45) is 0.943. The zero-order chi connectivity index (χ0) is 14.4. The highest BCUT2D eigenvalue weighted by molar-refractivity contribution is 5.96. The Morgan fingerprint density at radius 3 is 2.80 bits per heavy atom. The van der Waals surface area contributed by atoms with Gasteiger partial charge in [-0.05, 0) is 25.5 Å². The molecule has 1 aliphatic rings. The highest BCUT2D eigenvalue weighted by atomic mass is 16.2. The van der Waals surface area contributed by atoms with E-state index in [2.05, 4.69) is 17.6 Å². The zero-order valence-corrected chi connectivity index (χ0v) is 11.8. The predicted molar refractivity (Wildman–Crippen MR) is 77.4 cm³/mol. The molecule has 0 radical (unpaired) electrons. The van der Waals surface area contributed by atoms with Crippen molar-refractivity contribution in [1.29, 1.82) is 0 Å². The van der Waals surface area contributed by atoms with Crippen molar-refractivity contribution in [3.63, 3.8) is 0 Å². The summed E-state index contributed by atoms with van der Waals surface area (Å²) in [7, 11) is 0. The number of hydrogen-bond acceptors (Lipinski definition) is 3. The van der Waals surface area contributed by atoms with E-state index in [-0.39, 0.29) is 18.4 Å². The molecular formula is C15H21N3O2. The molecule has 108 valence electrons. The normalized spacial score (nSPS) is 19.2. The maximum Gasteiger partial charge on any atom is 0.251 e. The van der Waals surface area contributed by atoms with Crippen molar-refractivity contribution in [2.24, 2.45) is 0 Å². The first kappa shape index (κ1) is 14.5. The molecule has 1 aromatic carbocycles. The minimum Gasteiger partial charge on any atom is -0.343 e. The largest absolute Gasteiger partial charge is 0.343 e. The summed E-state index contributed by atoms with van der Waals surface area (Å²) in [6.45, 7) is 4.42. The van der Waals surface area contributed by atoms with Crippen LogP contribution in [0.5, 0.6) is 0 Å². The van der Waals surface area contributed by atoms with Crippen LogP contribution in [0.2, 0.25) is 0 Å². The molecule has 0 aromatic heterocycles. The van der Waals surface area contributed by atoms with Gasteiger partial charge < -0.3 is 15.5 Å². The Balaban J connectivity index is 1.81. The second kappa shape index (κ2) is 7.05. The number of amides is 2. The van der Waals surface area contributed by atoms with Crippen LogP contribution in [0.25, 0.3) is 0 Å². The SMILES string of the molecule is CC1CCN(C(=O)CNC(=O)c2ccccc2)CCN1. The molecule has 1 atom stereocenters. The summed E-state index contributed by atoms with van der Waals surface area (Å²) in [4.78, 5) is 25.7. The summed E-state index contributed by atoms with van der Waals surface area (Å²) in [5, 5.41) is 6.02. The Kier molecular flexibility index (Phi) is 5.12. The van der Waals surface area contributed by atoms with Crippen molar-refractivity contribution in [3.8, 4) is 0 Å². The molecule has 1 unspecified atom stereocenters. The molecule has 2 amide bonds. The predicted octanol–water partition coefficient (Wildman–Crippen LogP) is 0.627. The summed E-state index contributed by atoms with van der Waals surface area (Å²) >= 11 is 0. The second-order valence-electron chi connectivity index (χ2n) is 5.07. The monoisotopic (exact) mass is 275 g/mol. The van der Waals surface area contributed by atoms with Crippen LogP contribution in [-0.4, -0.2) is 48.9 Å². The molecule has 0 saturated carbocycles. The first-order valence-corrected chi connectivity index (χ1v) is 7.01. The fourth-order valence-electron chi connectivity index (χ4n) is 2.22. The van der Waals surface area contributed by atoms with Gasteiger partial charge in [0.25, 0.3) is 5.91 Å². The van der Waals surface area contributed by atoms with E-state index in [9.17, 15) is 9.59 Å². The fourth-order valence-corrected chi connectivity index (χ4v) is 2.22. The van der Waals surface area contributed by atoms with Gasteiger partial charge in [-0.3, -0.25) is 9.59 Å². The van der Waals surface area contributed by atoms with E-state index in [0.717, 1.165) is 19.5 Å². The van der Waals surface area contributed by atoms with Crippen LogP contribution < -0.4 is 10.6 Å². The Bertz CT molecular complexity index is 461. The maximum absolute atomic E-state index is 12.1. The van der Waals surface area contributed by atoms with Crippen LogP contribution in [0.3, 0.4) is 0 Å². The van der Waals surface area contributed by atoms with Crippen LogP contribution in [0, 0.1) is 0 Å².